The second kappa shape index (κ2) is 4.49. The van der Waals surface area contributed by atoms with E-state index in [1.807, 2.05) is 30.3 Å². The van der Waals surface area contributed by atoms with E-state index in [2.05, 4.69) is 32.9 Å². The monoisotopic (exact) mass is 351 g/mol. The Bertz CT molecular complexity index is 708. The van der Waals surface area contributed by atoms with E-state index >= 15 is 0 Å². The van der Waals surface area contributed by atoms with Crippen LogP contribution in [0, 0.1) is 3.57 Å². The fourth-order valence-electron chi connectivity index (χ4n) is 1.68. The van der Waals surface area contributed by atoms with E-state index in [4.69, 9.17) is 10.2 Å². The highest BCUT2D eigenvalue weighted by atomic mass is 127. The van der Waals surface area contributed by atoms with E-state index < -0.39 is 0 Å². The maximum Gasteiger partial charge on any atom is 0.300 e. The van der Waals surface area contributed by atoms with Crippen LogP contribution in [0.15, 0.2) is 46.9 Å². The van der Waals surface area contributed by atoms with E-state index in [1.165, 1.54) is 0 Å². The van der Waals surface area contributed by atoms with E-state index in [1.54, 1.807) is 12.1 Å². The van der Waals surface area contributed by atoms with Crippen molar-refractivity contribution in [2.75, 3.05) is 11.1 Å². The van der Waals surface area contributed by atoms with Gasteiger partial charge in [0.15, 0.2) is 5.58 Å². The van der Waals surface area contributed by atoms with Gasteiger partial charge >= 0.3 is 0 Å². The number of benzene rings is 2. The van der Waals surface area contributed by atoms with Crippen LogP contribution < -0.4 is 11.1 Å². The highest BCUT2D eigenvalue weighted by molar-refractivity contribution is 14.1. The molecule has 4 nitrogen and oxygen atoms in total. The number of anilines is 3. The summed E-state index contributed by atoms with van der Waals surface area (Å²) < 4.78 is 6.74. The van der Waals surface area contributed by atoms with Gasteiger partial charge in [0.05, 0.1) is 0 Å². The first-order valence-corrected chi connectivity index (χ1v) is 6.47. The predicted octanol–water partition coefficient (Wildman–Crippen LogP) is 3.76. The van der Waals surface area contributed by atoms with Crippen molar-refractivity contribution in [3.05, 3.63) is 46.0 Å². The zero-order valence-corrected chi connectivity index (χ0v) is 11.5. The number of nitrogen functional groups attached to an aromatic ring is 1. The number of aromatic nitrogens is 1. The molecule has 1 heterocycles. The smallest absolute Gasteiger partial charge is 0.300 e. The summed E-state index contributed by atoms with van der Waals surface area (Å²) in [5.41, 5.74) is 8.78. The molecule has 0 bridgehead atoms. The van der Waals surface area contributed by atoms with Crippen molar-refractivity contribution < 1.29 is 4.42 Å². The predicted molar refractivity (Wildman–Crippen MR) is 80.9 cm³/mol. The lowest BCUT2D eigenvalue weighted by molar-refractivity contribution is 0.623. The minimum Gasteiger partial charge on any atom is -0.423 e. The third-order valence-electron chi connectivity index (χ3n) is 2.49. The van der Waals surface area contributed by atoms with Crippen molar-refractivity contribution in [1.82, 2.24) is 4.98 Å². The first kappa shape index (κ1) is 11.3. The summed E-state index contributed by atoms with van der Waals surface area (Å²) in [4.78, 5) is 4.34. The topological polar surface area (TPSA) is 64.1 Å². The van der Waals surface area contributed by atoms with Gasteiger partial charge in [-0.2, -0.15) is 4.98 Å². The molecule has 0 fully saturated rings. The molecule has 0 radical (unpaired) electrons. The highest BCUT2D eigenvalue weighted by Crippen LogP contribution is 2.24. The molecule has 0 aliphatic carbocycles. The molecule has 0 aliphatic rings. The van der Waals surface area contributed by atoms with Gasteiger partial charge in [0, 0.05) is 21.0 Å². The lowest BCUT2D eigenvalue weighted by atomic mass is 10.3. The molecular weight excluding hydrogens is 341 g/mol. The Morgan fingerprint density at radius 3 is 2.89 bits per heavy atom. The number of nitrogens with one attached hydrogen (secondary N) is 1. The standard InChI is InChI=1S/C13H10IN3O/c14-8-2-1-3-10(6-8)16-13-17-11-5-4-9(15)7-12(11)18-13/h1-7H,15H2,(H,16,17). The van der Waals surface area contributed by atoms with Gasteiger partial charge in [0.25, 0.3) is 6.01 Å². The van der Waals surface area contributed by atoms with Crippen LogP contribution in [-0.2, 0) is 0 Å². The minimum atomic E-state index is 0.470. The zero-order chi connectivity index (χ0) is 12.5. The van der Waals surface area contributed by atoms with Gasteiger partial charge in [-0.1, -0.05) is 6.07 Å². The van der Waals surface area contributed by atoms with Gasteiger partial charge in [-0.05, 0) is 52.9 Å². The maximum absolute atomic E-state index is 5.70. The Kier molecular flexibility index (Phi) is 2.83. The fraction of sp³-hybridized carbons (Fsp3) is 0. The van der Waals surface area contributed by atoms with Crippen LogP contribution in [-0.4, -0.2) is 4.98 Å². The number of hydrogen-bond acceptors (Lipinski definition) is 4. The number of fused-ring (bicyclic) bond motifs is 1. The summed E-state index contributed by atoms with van der Waals surface area (Å²) in [7, 11) is 0. The van der Waals surface area contributed by atoms with E-state index in [0.717, 1.165) is 14.8 Å². The number of rotatable bonds is 2. The molecule has 5 heteroatoms. The van der Waals surface area contributed by atoms with Crippen molar-refractivity contribution in [3.63, 3.8) is 0 Å². The molecule has 90 valence electrons. The van der Waals surface area contributed by atoms with Gasteiger partial charge in [0.1, 0.15) is 5.52 Å². The van der Waals surface area contributed by atoms with Crippen molar-refractivity contribution >= 4 is 51.1 Å². The van der Waals surface area contributed by atoms with Gasteiger partial charge in [-0.15, -0.1) is 0 Å². The number of nitrogens with two attached hydrogens (primary N) is 1. The Morgan fingerprint density at radius 1 is 1.17 bits per heavy atom. The Hall–Kier alpha value is -1.76. The second-order valence-corrected chi connectivity index (χ2v) is 5.13. The fourth-order valence-corrected chi connectivity index (χ4v) is 2.23. The van der Waals surface area contributed by atoms with Crippen molar-refractivity contribution in [2.45, 2.75) is 0 Å². The van der Waals surface area contributed by atoms with E-state index in [9.17, 15) is 0 Å². The Labute approximate surface area is 117 Å². The van der Waals surface area contributed by atoms with Crippen molar-refractivity contribution in [1.29, 1.82) is 0 Å². The molecule has 0 amide bonds. The molecule has 1 aromatic heterocycles. The molecule has 0 aliphatic heterocycles. The van der Waals surface area contributed by atoms with Crippen LogP contribution in [0.1, 0.15) is 0 Å². The van der Waals surface area contributed by atoms with Crippen LogP contribution in [0.3, 0.4) is 0 Å². The SMILES string of the molecule is Nc1ccc2nc(Nc3cccc(I)c3)oc2c1. The molecule has 0 unspecified atom stereocenters. The number of halogens is 1. The second-order valence-electron chi connectivity index (χ2n) is 3.88. The zero-order valence-electron chi connectivity index (χ0n) is 9.35. The Morgan fingerprint density at radius 2 is 2.06 bits per heavy atom. The van der Waals surface area contributed by atoms with Crippen LogP contribution in [0.2, 0.25) is 0 Å². The quantitative estimate of drug-likeness (QED) is 0.545. The molecule has 3 aromatic rings. The summed E-state index contributed by atoms with van der Waals surface area (Å²) in [6.45, 7) is 0. The average molecular weight is 351 g/mol. The first-order chi connectivity index (χ1) is 8.70. The molecular formula is C13H10IN3O. The summed E-state index contributed by atoms with van der Waals surface area (Å²) in [6, 6.07) is 13.9. The summed E-state index contributed by atoms with van der Waals surface area (Å²) >= 11 is 2.26. The van der Waals surface area contributed by atoms with Crippen LogP contribution in [0.5, 0.6) is 0 Å². The number of oxazole rings is 1. The first-order valence-electron chi connectivity index (χ1n) is 5.39. The molecule has 0 atom stereocenters. The lowest BCUT2D eigenvalue weighted by Crippen LogP contribution is -1.89. The van der Waals surface area contributed by atoms with Gasteiger partial charge in [-0.25, -0.2) is 0 Å². The van der Waals surface area contributed by atoms with Crippen LogP contribution in [0.4, 0.5) is 17.4 Å². The van der Waals surface area contributed by atoms with Crippen LogP contribution in [0.25, 0.3) is 11.1 Å². The van der Waals surface area contributed by atoms with Crippen LogP contribution >= 0.6 is 22.6 Å². The highest BCUT2D eigenvalue weighted by Gasteiger charge is 2.06. The molecule has 0 saturated carbocycles. The molecule has 2 aromatic carbocycles. The van der Waals surface area contributed by atoms with E-state index in [-0.39, 0.29) is 0 Å². The average Bonchev–Trinajstić information content (AvgIpc) is 2.70. The Balaban J connectivity index is 1.95. The third kappa shape index (κ3) is 2.26. The number of nitrogens with zero attached hydrogens (tertiary/aromatic N) is 1. The summed E-state index contributed by atoms with van der Waals surface area (Å²) in [5.74, 6) is 0. The van der Waals surface area contributed by atoms with Gasteiger partial charge < -0.3 is 15.5 Å². The number of hydrogen-bond donors (Lipinski definition) is 2. The van der Waals surface area contributed by atoms with Gasteiger partial charge in [0.2, 0.25) is 0 Å². The summed E-state index contributed by atoms with van der Waals surface area (Å²) in [5, 5.41) is 3.13. The maximum atomic E-state index is 5.70. The minimum absolute atomic E-state index is 0.470. The molecule has 18 heavy (non-hydrogen) atoms. The van der Waals surface area contributed by atoms with Crippen molar-refractivity contribution in [2.24, 2.45) is 0 Å². The molecule has 3 rings (SSSR count). The molecule has 0 spiro atoms. The normalized spacial score (nSPS) is 10.7. The third-order valence-corrected chi connectivity index (χ3v) is 3.16. The molecule has 0 saturated heterocycles. The van der Waals surface area contributed by atoms with Crippen molar-refractivity contribution in [3.8, 4) is 0 Å². The largest absolute Gasteiger partial charge is 0.423 e. The van der Waals surface area contributed by atoms with Gasteiger partial charge in [-0.3, -0.25) is 0 Å². The summed E-state index contributed by atoms with van der Waals surface area (Å²) in [6.07, 6.45) is 0. The molecule has 3 N–H and O–H groups in total. The van der Waals surface area contributed by atoms with E-state index in [0.29, 0.717) is 17.3 Å². The lowest BCUT2D eigenvalue weighted by Gasteiger charge is -2.00.